The molecule has 1 saturated heterocycles. The molecule has 0 spiro atoms. The lowest BCUT2D eigenvalue weighted by atomic mass is 10.2. The van der Waals surface area contributed by atoms with Gasteiger partial charge in [0.05, 0.1) is 6.61 Å². The van der Waals surface area contributed by atoms with Gasteiger partial charge < -0.3 is 19.7 Å². The predicted molar refractivity (Wildman–Crippen MR) is 109 cm³/mol. The second-order valence-electron chi connectivity index (χ2n) is 6.84. The van der Waals surface area contributed by atoms with Crippen LogP contribution < -0.4 is 19.7 Å². The van der Waals surface area contributed by atoms with Crippen molar-refractivity contribution in [2.75, 3.05) is 36.5 Å². The summed E-state index contributed by atoms with van der Waals surface area (Å²) in [5.41, 5.74) is 1.53. The maximum absolute atomic E-state index is 12.2. The highest BCUT2D eigenvalue weighted by atomic mass is 16.5. The van der Waals surface area contributed by atoms with Gasteiger partial charge in [0.1, 0.15) is 5.75 Å². The van der Waals surface area contributed by atoms with Crippen molar-refractivity contribution in [1.82, 2.24) is 9.97 Å². The smallest absolute Gasteiger partial charge is 0.262 e. The highest BCUT2D eigenvalue weighted by Gasteiger charge is 2.15. The van der Waals surface area contributed by atoms with Crippen LogP contribution >= 0.6 is 0 Å². The molecular formula is C21H28N4O3. The highest BCUT2D eigenvalue weighted by Crippen LogP contribution is 2.20. The number of amides is 1. The predicted octanol–water partition coefficient (Wildman–Crippen LogP) is 3.58. The van der Waals surface area contributed by atoms with Crippen molar-refractivity contribution < 1.29 is 14.3 Å². The minimum Gasteiger partial charge on any atom is -0.494 e. The Kier molecular flexibility index (Phi) is 7.06. The number of anilines is 2. The van der Waals surface area contributed by atoms with Crippen LogP contribution in [0.1, 0.15) is 38.3 Å². The second kappa shape index (κ2) is 9.92. The molecule has 7 nitrogen and oxygen atoms in total. The van der Waals surface area contributed by atoms with Crippen molar-refractivity contribution >= 4 is 17.5 Å². The molecule has 150 valence electrons. The van der Waals surface area contributed by atoms with Gasteiger partial charge in [0.25, 0.3) is 5.91 Å². The molecule has 0 atom stereocenters. The molecule has 1 aliphatic heterocycles. The van der Waals surface area contributed by atoms with E-state index in [2.05, 4.69) is 20.2 Å². The summed E-state index contributed by atoms with van der Waals surface area (Å²) in [6.45, 7) is 6.26. The molecule has 1 N–H and O–H groups in total. The van der Waals surface area contributed by atoms with Crippen LogP contribution in [0.5, 0.6) is 11.6 Å². The van der Waals surface area contributed by atoms with Gasteiger partial charge in [-0.1, -0.05) is 12.8 Å². The summed E-state index contributed by atoms with van der Waals surface area (Å²) in [6, 6.07) is 9.00. The van der Waals surface area contributed by atoms with E-state index in [9.17, 15) is 4.79 Å². The van der Waals surface area contributed by atoms with Crippen LogP contribution in [0.2, 0.25) is 0 Å². The van der Waals surface area contributed by atoms with Crippen LogP contribution in [0.15, 0.2) is 30.3 Å². The molecule has 2 aromatic rings. The SMILES string of the molecule is CCOc1ccc(NC(=O)COc2cc(C)nc(N3CCCCCC3)n2)cc1. The number of nitrogens with zero attached hydrogens (tertiary/aromatic N) is 3. The molecule has 0 unspecified atom stereocenters. The van der Waals surface area contributed by atoms with Crippen molar-refractivity contribution in [2.45, 2.75) is 39.5 Å². The molecule has 1 aromatic heterocycles. The Labute approximate surface area is 166 Å². The molecule has 2 heterocycles. The van der Waals surface area contributed by atoms with E-state index in [1.165, 1.54) is 12.8 Å². The molecule has 0 bridgehead atoms. The first-order valence-electron chi connectivity index (χ1n) is 9.90. The zero-order valence-corrected chi connectivity index (χ0v) is 16.6. The summed E-state index contributed by atoms with van der Waals surface area (Å²) < 4.78 is 11.0. The van der Waals surface area contributed by atoms with Gasteiger partial charge in [-0.2, -0.15) is 4.98 Å². The van der Waals surface area contributed by atoms with E-state index in [0.29, 0.717) is 24.1 Å². The standard InChI is InChI=1S/C21H28N4O3/c1-3-27-18-10-8-17(9-11-18)23-19(26)15-28-20-14-16(2)22-21(24-20)25-12-6-4-5-7-13-25/h8-11,14H,3-7,12-13,15H2,1-2H3,(H,23,26). The van der Waals surface area contributed by atoms with E-state index in [1.54, 1.807) is 18.2 Å². The van der Waals surface area contributed by atoms with E-state index in [-0.39, 0.29) is 12.5 Å². The molecular weight excluding hydrogens is 356 g/mol. The van der Waals surface area contributed by atoms with E-state index >= 15 is 0 Å². The van der Waals surface area contributed by atoms with Gasteiger partial charge >= 0.3 is 0 Å². The number of rotatable bonds is 7. The Hall–Kier alpha value is -2.83. The fourth-order valence-corrected chi connectivity index (χ4v) is 3.15. The first-order valence-corrected chi connectivity index (χ1v) is 9.90. The first kappa shape index (κ1) is 19.9. The zero-order valence-electron chi connectivity index (χ0n) is 16.6. The zero-order chi connectivity index (χ0) is 19.8. The maximum atomic E-state index is 12.2. The molecule has 1 aliphatic rings. The Balaban J connectivity index is 1.56. The van der Waals surface area contributed by atoms with E-state index < -0.39 is 0 Å². The number of carbonyl (C=O) groups excluding carboxylic acids is 1. The van der Waals surface area contributed by atoms with E-state index in [0.717, 1.165) is 37.4 Å². The van der Waals surface area contributed by atoms with Crippen molar-refractivity contribution in [1.29, 1.82) is 0 Å². The summed E-state index contributed by atoms with van der Waals surface area (Å²) in [7, 11) is 0. The van der Waals surface area contributed by atoms with Crippen LogP contribution in [0.3, 0.4) is 0 Å². The Morgan fingerprint density at radius 2 is 1.79 bits per heavy atom. The van der Waals surface area contributed by atoms with Crippen LogP contribution in [0, 0.1) is 6.92 Å². The molecule has 1 aromatic carbocycles. The number of ether oxygens (including phenoxy) is 2. The summed E-state index contributed by atoms with van der Waals surface area (Å²) in [4.78, 5) is 23.4. The number of hydrogen-bond acceptors (Lipinski definition) is 6. The number of nitrogens with one attached hydrogen (secondary N) is 1. The van der Waals surface area contributed by atoms with Crippen LogP contribution in [0.25, 0.3) is 0 Å². The van der Waals surface area contributed by atoms with Gasteiger partial charge in [-0.05, 0) is 51.0 Å². The monoisotopic (exact) mass is 384 g/mol. The molecule has 0 aliphatic carbocycles. The molecule has 0 saturated carbocycles. The van der Waals surface area contributed by atoms with E-state index in [4.69, 9.17) is 9.47 Å². The first-order chi connectivity index (χ1) is 13.6. The molecule has 0 radical (unpaired) electrons. The van der Waals surface area contributed by atoms with Crippen LogP contribution in [0.4, 0.5) is 11.6 Å². The molecule has 1 fully saturated rings. The molecule has 7 heteroatoms. The summed E-state index contributed by atoms with van der Waals surface area (Å²) in [6.07, 6.45) is 4.80. The van der Waals surface area contributed by atoms with Crippen molar-refractivity contribution in [3.05, 3.63) is 36.0 Å². The lowest BCUT2D eigenvalue weighted by Crippen LogP contribution is -2.26. The average molecular weight is 384 g/mol. The van der Waals surface area contributed by atoms with E-state index in [1.807, 2.05) is 26.0 Å². The lowest BCUT2D eigenvalue weighted by molar-refractivity contribution is -0.118. The Morgan fingerprint density at radius 1 is 1.07 bits per heavy atom. The normalized spacial score (nSPS) is 14.3. The van der Waals surface area contributed by atoms with Gasteiger partial charge in [-0.25, -0.2) is 4.98 Å². The minimum absolute atomic E-state index is 0.108. The molecule has 1 amide bonds. The summed E-state index contributed by atoms with van der Waals surface area (Å²) in [5, 5.41) is 2.81. The second-order valence-corrected chi connectivity index (χ2v) is 6.84. The van der Waals surface area contributed by atoms with Crippen molar-refractivity contribution in [2.24, 2.45) is 0 Å². The van der Waals surface area contributed by atoms with Crippen LogP contribution in [-0.2, 0) is 4.79 Å². The summed E-state index contributed by atoms with van der Waals surface area (Å²) in [5.74, 6) is 1.64. The lowest BCUT2D eigenvalue weighted by Gasteiger charge is -2.21. The minimum atomic E-state index is -0.239. The third kappa shape index (κ3) is 5.84. The fourth-order valence-electron chi connectivity index (χ4n) is 3.15. The number of hydrogen-bond donors (Lipinski definition) is 1. The fraction of sp³-hybridized carbons (Fsp3) is 0.476. The number of aromatic nitrogens is 2. The quantitative estimate of drug-likeness (QED) is 0.786. The number of benzene rings is 1. The van der Waals surface area contributed by atoms with Gasteiger partial charge in [0.2, 0.25) is 11.8 Å². The third-order valence-corrected chi connectivity index (χ3v) is 4.51. The van der Waals surface area contributed by atoms with Crippen LogP contribution in [-0.4, -0.2) is 42.2 Å². The maximum Gasteiger partial charge on any atom is 0.262 e. The van der Waals surface area contributed by atoms with Gasteiger partial charge in [0, 0.05) is 30.5 Å². The Bertz CT molecular complexity index is 772. The topological polar surface area (TPSA) is 76.6 Å². The average Bonchev–Trinajstić information content (AvgIpc) is 2.97. The largest absolute Gasteiger partial charge is 0.494 e. The highest BCUT2D eigenvalue weighted by molar-refractivity contribution is 5.91. The molecule has 28 heavy (non-hydrogen) atoms. The van der Waals surface area contributed by atoms with Gasteiger partial charge in [-0.15, -0.1) is 0 Å². The van der Waals surface area contributed by atoms with Crippen molar-refractivity contribution in [3.8, 4) is 11.6 Å². The molecule has 3 rings (SSSR count). The summed E-state index contributed by atoms with van der Waals surface area (Å²) >= 11 is 0. The number of aryl methyl sites for hydroxylation is 1. The Morgan fingerprint density at radius 3 is 2.46 bits per heavy atom. The number of carbonyl (C=O) groups is 1. The van der Waals surface area contributed by atoms with Crippen molar-refractivity contribution in [3.63, 3.8) is 0 Å². The third-order valence-electron chi connectivity index (χ3n) is 4.51. The van der Waals surface area contributed by atoms with Gasteiger partial charge in [-0.3, -0.25) is 4.79 Å². The van der Waals surface area contributed by atoms with Gasteiger partial charge in [0.15, 0.2) is 6.61 Å².